The second-order valence-electron chi connectivity index (χ2n) is 17.0. The van der Waals surface area contributed by atoms with Crippen molar-refractivity contribution in [2.24, 2.45) is 71.0 Å². The molecule has 4 saturated carbocycles. The number of nitrogens with one attached hydrogen (secondary N) is 8. The SMILES string of the molecule is N#CC1CCC2C3NC(NC4NC(NC5NC(NC6NC(N3)C3CC(C#N)CCC63)C3CC(C#N)CCC53)C3CC(C#N)CCC43)C2C1. The van der Waals surface area contributed by atoms with Gasteiger partial charge in [-0.25, -0.2) is 0 Å². The van der Waals surface area contributed by atoms with Crippen LogP contribution in [0.4, 0.5) is 0 Å². The van der Waals surface area contributed by atoms with E-state index in [1.165, 1.54) is 0 Å². The number of hydrogen-bond donors (Lipinski definition) is 8. The minimum Gasteiger partial charge on any atom is -0.286 e. The summed E-state index contributed by atoms with van der Waals surface area (Å²) < 4.78 is 0. The molecule has 9 rings (SSSR count). The molecule has 12 nitrogen and oxygen atoms in total. The van der Waals surface area contributed by atoms with Gasteiger partial charge in [0.25, 0.3) is 0 Å². The maximum Gasteiger partial charge on any atom is 0.0655 e. The van der Waals surface area contributed by atoms with Crippen molar-refractivity contribution in [1.29, 1.82) is 21.0 Å². The molecule has 8 N–H and O–H groups in total. The molecule has 12 heteroatoms. The van der Waals surface area contributed by atoms with Crippen molar-refractivity contribution in [2.45, 2.75) is 126 Å². The van der Waals surface area contributed by atoms with Crippen molar-refractivity contribution >= 4 is 0 Å². The maximum atomic E-state index is 9.96. The molecule has 9 fully saturated rings. The summed E-state index contributed by atoms with van der Waals surface area (Å²) in [5.41, 5.74) is 0. The maximum absolute atomic E-state index is 9.96. The summed E-state index contributed by atoms with van der Waals surface area (Å²) in [4.78, 5) is 0. The highest BCUT2D eigenvalue weighted by Crippen LogP contribution is 2.47. The van der Waals surface area contributed by atoms with Crippen molar-refractivity contribution in [3.05, 3.63) is 0 Å². The van der Waals surface area contributed by atoms with Crippen LogP contribution >= 0.6 is 0 Å². The third-order valence-electron chi connectivity index (χ3n) is 14.8. The molecule has 12 atom stereocenters. The summed E-state index contributed by atoms with van der Waals surface area (Å²) >= 11 is 0. The largest absolute Gasteiger partial charge is 0.286 e. The van der Waals surface area contributed by atoms with Crippen LogP contribution in [0.15, 0.2) is 0 Å². The molecule has 9 aliphatic rings. The first-order valence-electron chi connectivity index (χ1n) is 19.2. The minimum absolute atomic E-state index is 0.0890. The molecule has 256 valence electrons. The molecule has 0 aromatic heterocycles. The van der Waals surface area contributed by atoms with E-state index < -0.39 is 0 Å². The minimum atomic E-state index is 0.0890. The Bertz CT molecular complexity index is 1190. The lowest BCUT2D eigenvalue weighted by atomic mass is 9.72. The molecule has 12 unspecified atom stereocenters. The average Bonchev–Trinajstić information content (AvgIpc) is 3.85. The molecule has 5 heterocycles. The van der Waals surface area contributed by atoms with Gasteiger partial charge in [-0.2, -0.15) is 21.0 Å². The van der Waals surface area contributed by atoms with E-state index in [0.717, 1.165) is 77.0 Å². The quantitative estimate of drug-likeness (QED) is 0.189. The Balaban J connectivity index is 1.06. The highest BCUT2D eigenvalue weighted by Gasteiger charge is 2.56. The van der Waals surface area contributed by atoms with Crippen molar-refractivity contribution in [3.8, 4) is 24.3 Å². The van der Waals surface area contributed by atoms with Crippen LogP contribution in [0.1, 0.15) is 77.0 Å². The summed E-state index contributed by atoms with van der Waals surface area (Å²) in [5.74, 6) is 3.52. The van der Waals surface area contributed by atoms with Gasteiger partial charge in [-0.3, -0.25) is 42.5 Å². The number of rotatable bonds is 0. The van der Waals surface area contributed by atoms with Gasteiger partial charge in [0.2, 0.25) is 0 Å². The second kappa shape index (κ2) is 12.8. The van der Waals surface area contributed by atoms with Crippen molar-refractivity contribution in [2.75, 3.05) is 0 Å². The van der Waals surface area contributed by atoms with E-state index in [4.69, 9.17) is 0 Å². The Labute approximate surface area is 284 Å². The van der Waals surface area contributed by atoms with Crippen LogP contribution in [0.5, 0.6) is 0 Å². The molecule has 0 spiro atoms. The van der Waals surface area contributed by atoms with Gasteiger partial charge in [0, 0.05) is 23.7 Å². The van der Waals surface area contributed by atoms with Crippen LogP contribution in [0.2, 0.25) is 0 Å². The standard InChI is InChI=1S/C36H52N12/c37-13-17-1-5-21-25(9-17)33-41-29(21)45-34-26-10-18(14-38)2-6-22(26)31(42-34)47-36-28-12-20(16-40)4-8-24(28)32(44-36)48-35-27-11-19(15-39)3-7-23(27)30(43-35)46-33/h17-36,41-48H,1-12H2. The van der Waals surface area contributed by atoms with Crippen LogP contribution in [-0.4, -0.2) is 49.3 Å². The Morgan fingerprint density at radius 2 is 0.458 bits per heavy atom. The van der Waals surface area contributed by atoms with E-state index >= 15 is 0 Å². The Hall–Kier alpha value is -2.36. The molecule has 0 aromatic carbocycles. The fraction of sp³-hybridized carbons (Fsp3) is 0.889. The van der Waals surface area contributed by atoms with Crippen LogP contribution in [0.3, 0.4) is 0 Å². The summed E-state index contributed by atoms with van der Waals surface area (Å²) in [6.07, 6.45) is 12.4. The van der Waals surface area contributed by atoms with Crippen LogP contribution in [-0.2, 0) is 0 Å². The summed E-state index contributed by atoms with van der Waals surface area (Å²) in [6.45, 7) is 0. The monoisotopic (exact) mass is 652 g/mol. The normalized spacial score (nSPS) is 55.4. The predicted octanol–water partition coefficient (Wildman–Crippen LogP) is 1.60. The second-order valence-corrected chi connectivity index (χ2v) is 17.0. The summed E-state index contributed by atoms with van der Waals surface area (Å²) in [7, 11) is 0. The third kappa shape index (κ3) is 5.36. The van der Waals surface area contributed by atoms with Gasteiger partial charge in [-0.05, 0) is 124 Å². The van der Waals surface area contributed by atoms with Crippen molar-refractivity contribution < 1.29 is 0 Å². The molecule has 0 amide bonds. The molecule has 4 aliphatic carbocycles. The lowest BCUT2D eigenvalue weighted by Gasteiger charge is -2.37. The lowest BCUT2D eigenvalue weighted by Crippen LogP contribution is -2.61. The van der Waals surface area contributed by atoms with Crippen molar-refractivity contribution in [3.63, 3.8) is 0 Å². The van der Waals surface area contributed by atoms with Gasteiger partial charge < -0.3 is 0 Å². The molecular weight excluding hydrogens is 600 g/mol. The highest BCUT2D eigenvalue weighted by atomic mass is 15.4. The van der Waals surface area contributed by atoms with Gasteiger partial charge in [0.05, 0.1) is 73.6 Å². The van der Waals surface area contributed by atoms with E-state index in [1.807, 2.05) is 0 Å². The topological polar surface area (TPSA) is 191 Å². The fourth-order valence-electron chi connectivity index (χ4n) is 12.5. The zero-order valence-electron chi connectivity index (χ0n) is 27.8. The molecule has 48 heavy (non-hydrogen) atoms. The van der Waals surface area contributed by atoms with Gasteiger partial charge >= 0.3 is 0 Å². The zero-order chi connectivity index (χ0) is 32.5. The smallest absolute Gasteiger partial charge is 0.0655 e. The predicted molar refractivity (Wildman–Crippen MR) is 175 cm³/mol. The van der Waals surface area contributed by atoms with Crippen molar-refractivity contribution in [1.82, 2.24) is 42.5 Å². The third-order valence-corrected chi connectivity index (χ3v) is 14.8. The van der Waals surface area contributed by atoms with E-state index in [-0.39, 0.29) is 73.0 Å². The molecule has 0 radical (unpaired) electrons. The number of nitrogens with zero attached hydrogens (tertiary/aromatic N) is 4. The van der Waals surface area contributed by atoms with Crippen LogP contribution in [0, 0.1) is 116 Å². The van der Waals surface area contributed by atoms with Gasteiger partial charge in [-0.1, -0.05) is 0 Å². The summed E-state index contributed by atoms with van der Waals surface area (Å²) in [5, 5.41) is 72.3. The first-order valence-corrected chi connectivity index (χ1v) is 19.2. The van der Waals surface area contributed by atoms with Gasteiger partial charge in [0.15, 0.2) is 0 Å². The van der Waals surface area contributed by atoms with E-state index in [9.17, 15) is 21.0 Å². The van der Waals surface area contributed by atoms with Gasteiger partial charge in [0.1, 0.15) is 0 Å². The first-order chi connectivity index (χ1) is 23.5. The van der Waals surface area contributed by atoms with E-state index in [0.29, 0.717) is 47.3 Å². The Kier molecular flexibility index (Phi) is 8.40. The summed E-state index contributed by atoms with van der Waals surface area (Å²) in [6, 6.07) is 10.4. The Morgan fingerprint density at radius 3 is 0.646 bits per heavy atom. The highest BCUT2D eigenvalue weighted by molar-refractivity contribution is 5.11. The van der Waals surface area contributed by atoms with Gasteiger partial charge in [-0.15, -0.1) is 0 Å². The molecule has 0 aromatic rings. The number of nitriles is 4. The van der Waals surface area contributed by atoms with E-state index in [1.54, 1.807) is 0 Å². The number of hydrogen-bond acceptors (Lipinski definition) is 12. The number of fused-ring (bicyclic) bond motifs is 20. The average molecular weight is 653 g/mol. The zero-order valence-corrected chi connectivity index (χ0v) is 27.8. The van der Waals surface area contributed by atoms with E-state index in [2.05, 4.69) is 66.8 Å². The molecule has 8 bridgehead atoms. The first kappa shape index (κ1) is 31.6. The van der Waals surface area contributed by atoms with Crippen LogP contribution < -0.4 is 42.5 Å². The molecular formula is C36H52N12. The van der Waals surface area contributed by atoms with Crippen LogP contribution in [0.25, 0.3) is 0 Å². The fourth-order valence-corrected chi connectivity index (χ4v) is 12.5. The molecule has 5 aliphatic heterocycles. The molecule has 5 saturated heterocycles. The Morgan fingerprint density at radius 1 is 0.271 bits per heavy atom. The lowest BCUT2D eigenvalue weighted by molar-refractivity contribution is 0.145.